The van der Waals surface area contributed by atoms with Crippen LogP contribution in [-0.2, 0) is 0 Å². The Labute approximate surface area is 100 Å². The van der Waals surface area contributed by atoms with Crippen molar-refractivity contribution >= 4 is 0 Å². The third-order valence-electron chi connectivity index (χ3n) is 2.82. The quantitative estimate of drug-likeness (QED) is 0.842. The summed E-state index contributed by atoms with van der Waals surface area (Å²) in [6.07, 6.45) is 2.66. The lowest BCUT2D eigenvalue weighted by molar-refractivity contribution is 0.121. The molecule has 17 heavy (non-hydrogen) atoms. The molecule has 0 spiro atoms. The first kappa shape index (κ1) is 11.8. The summed E-state index contributed by atoms with van der Waals surface area (Å²) in [6, 6.07) is 7.33. The van der Waals surface area contributed by atoms with Gasteiger partial charge in [-0.05, 0) is 36.8 Å². The maximum Gasteiger partial charge on any atom is 0.133 e. The molecule has 90 valence electrons. The highest BCUT2D eigenvalue weighted by atomic mass is 16.4. The van der Waals surface area contributed by atoms with Crippen molar-refractivity contribution in [3.05, 3.63) is 53.7 Å². The first-order chi connectivity index (χ1) is 8.22. The Bertz CT molecular complexity index is 467. The molecule has 0 bridgehead atoms. The van der Waals surface area contributed by atoms with Gasteiger partial charge >= 0.3 is 0 Å². The topological polar surface area (TPSA) is 72.3 Å². The predicted molar refractivity (Wildman–Crippen MR) is 64.4 cm³/mol. The van der Waals surface area contributed by atoms with Gasteiger partial charge in [0, 0.05) is 24.9 Å². The molecule has 3 N–H and O–H groups in total. The standard InChI is InChI=1S/C13H16N2O2/c1-9-2-3-12(17-9)13(16)11(8-14)10-4-6-15-7-5-10/h2-7,11,13,16H,8,14H2,1H3. The molecule has 0 saturated heterocycles. The fourth-order valence-corrected chi connectivity index (χ4v) is 1.87. The number of aliphatic hydroxyl groups is 1. The van der Waals surface area contributed by atoms with E-state index in [4.69, 9.17) is 10.2 Å². The number of pyridine rings is 1. The largest absolute Gasteiger partial charge is 0.464 e. The number of aromatic nitrogens is 1. The second-order valence-electron chi connectivity index (χ2n) is 4.02. The van der Waals surface area contributed by atoms with E-state index in [1.807, 2.05) is 25.1 Å². The molecule has 2 heterocycles. The van der Waals surface area contributed by atoms with Gasteiger partial charge in [0.15, 0.2) is 0 Å². The molecule has 0 fully saturated rings. The summed E-state index contributed by atoms with van der Waals surface area (Å²) in [5.41, 5.74) is 6.69. The van der Waals surface area contributed by atoms with E-state index in [0.717, 1.165) is 11.3 Å². The van der Waals surface area contributed by atoms with Crippen LogP contribution in [0.2, 0.25) is 0 Å². The summed E-state index contributed by atoms with van der Waals surface area (Å²) in [4.78, 5) is 3.95. The van der Waals surface area contributed by atoms with Crippen molar-refractivity contribution in [1.82, 2.24) is 4.98 Å². The maximum absolute atomic E-state index is 10.3. The average Bonchev–Trinajstić information content (AvgIpc) is 2.78. The molecule has 0 radical (unpaired) electrons. The van der Waals surface area contributed by atoms with Gasteiger partial charge in [0.25, 0.3) is 0 Å². The number of nitrogens with two attached hydrogens (primary N) is 1. The summed E-state index contributed by atoms with van der Waals surface area (Å²) < 4.78 is 5.43. The van der Waals surface area contributed by atoms with E-state index in [1.54, 1.807) is 18.5 Å². The van der Waals surface area contributed by atoms with Gasteiger partial charge in [-0.2, -0.15) is 0 Å². The number of hydrogen-bond acceptors (Lipinski definition) is 4. The van der Waals surface area contributed by atoms with Gasteiger partial charge in [0.2, 0.25) is 0 Å². The zero-order chi connectivity index (χ0) is 12.3. The second-order valence-corrected chi connectivity index (χ2v) is 4.02. The van der Waals surface area contributed by atoms with Crippen LogP contribution in [0, 0.1) is 6.92 Å². The van der Waals surface area contributed by atoms with Gasteiger partial charge in [-0.1, -0.05) is 0 Å². The Morgan fingerprint density at radius 3 is 2.53 bits per heavy atom. The van der Waals surface area contributed by atoms with Crippen molar-refractivity contribution in [3.63, 3.8) is 0 Å². The third kappa shape index (κ3) is 2.54. The number of aliphatic hydroxyl groups excluding tert-OH is 1. The first-order valence-corrected chi connectivity index (χ1v) is 5.56. The van der Waals surface area contributed by atoms with E-state index < -0.39 is 6.10 Å². The molecule has 0 aliphatic carbocycles. The number of nitrogens with zero attached hydrogens (tertiary/aromatic N) is 1. The van der Waals surface area contributed by atoms with Crippen molar-refractivity contribution in [1.29, 1.82) is 0 Å². The monoisotopic (exact) mass is 232 g/mol. The zero-order valence-electron chi connectivity index (χ0n) is 9.71. The van der Waals surface area contributed by atoms with E-state index >= 15 is 0 Å². The van der Waals surface area contributed by atoms with Crippen molar-refractivity contribution in [2.75, 3.05) is 6.54 Å². The summed E-state index contributed by atoms with van der Waals surface area (Å²) >= 11 is 0. The Balaban J connectivity index is 2.25. The van der Waals surface area contributed by atoms with Crippen LogP contribution < -0.4 is 5.73 Å². The highest BCUT2D eigenvalue weighted by Crippen LogP contribution is 2.30. The predicted octanol–water partition coefficient (Wildman–Crippen LogP) is 1.76. The van der Waals surface area contributed by atoms with E-state index in [-0.39, 0.29) is 5.92 Å². The maximum atomic E-state index is 10.3. The number of aryl methyl sites for hydroxylation is 1. The van der Waals surface area contributed by atoms with E-state index in [9.17, 15) is 5.11 Å². The van der Waals surface area contributed by atoms with Crippen LogP contribution in [-0.4, -0.2) is 16.6 Å². The van der Waals surface area contributed by atoms with Gasteiger partial charge in [0.1, 0.15) is 17.6 Å². The van der Waals surface area contributed by atoms with Crippen molar-refractivity contribution in [3.8, 4) is 0 Å². The Morgan fingerprint density at radius 2 is 2.00 bits per heavy atom. The molecule has 2 unspecified atom stereocenters. The van der Waals surface area contributed by atoms with Crippen LogP contribution in [0.4, 0.5) is 0 Å². The van der Waals surface area contributed by atoms with Crippen LogP contribution >= 0.6 is 0 Å². The summed E-state index contributed by atoms with van der Waals surface area (Å²) in [5.74, 6) is 1.16. The zero-order valence-corrected chi connectivity index (χ0v) is 9.71. The molecule has 0 amide bonds. The van der Waals surface area contributed by atoms with Gasteiger partial charge in [-0.3, -0.25) is 4.98 Å². The van der Waals surface area contributed by atoms with E-state index in [1.165, 1.54) is 0 Å². The molecule has 0 saturated carbocycles. The van der Waals surface area contributed by atoms with Crippen LogP contribution in [0.3, 0.4) is 0 Å². The van der Waals surface area contributed by atoms with Gasteiger partial charge in [-0.15, -0.1) is 0 Å². The molecular weight excluding hydrogens is 216 g/mol. The van der Waals surface area contributed by atoms with Crippen LogP contribution in [0.1, 0.15) is 29.1 Å². The molecule has 2 aromatic rings. The summed E-state index contributed by atoms with van der Waals surface area (Å²) in [6.45, 7) is 2.20. The Kier molecular flexibility index (Phi) is 3.56. The lowest BCUT2D eigenvalue weighted by atomic mass is 9.93. The van der Waals surface area contributed by atoms with Crippen LogP contribution in [0.25, 0.3) is 0 Å². The fraction of sp³-hybridized carbons (Fsp3) is 0.308. The molecule has 0 aliphatic heterocycles. The fourth-order valence-electron chi connectivity index (χ4n) is 1.87. The lowest BCUT2D eigenvalue weighted by Gasteiger charge is -2.19. The number of rotatable bonds is 4. The Morgan fingerprint density at radius 1 is 1.29 bits per heavy atom. The van der Waals surface area contributed by atoms with Crippen molar-refractivity contribution < 1.29 is 9.52 Å². The van der Waals surface area contributed by atoms with E-state index in [2.05, 4.69) is 4.98 Å². The molecule has 2 rings (SSSR count). The summed E-state index contributed by atoms with van der Waals surface area (Å²) in [7, 11) is 0. The molecular formula is C13H16N2O2. The second kappa shape index (κ2) is 5.12. The Hall–Kier alpha value is -1.65. The molecule has 4 nitrogen and oxygen atoms in total. The van der Waals surface area contributed by atoms with Crippen molar-refractivity contribution in [2.24, 2.45) is 5.73 Å². The molecule has 2 atom stereocenters. The molecule has 0 aliphatic rings. The average molecular weight is 232 g/mol. The minimum atomic E-state index is -0.726. The number of hydrogen-bond donors (Lipinski definition) is 2. The number of furan rings is 1. The van der Waals surface area contributed by atoms with Gasteiger partial charge in [-0.25, -0.2) is 0 Å². The van der Waals surface area contributed by atoms with Crippen LogP contribution in [0.15, 0.2) is 41.1 Å². The van der Waals surface area contributed by atoms with Crippen LogP contribution in [0.5, 0.6) is 0 Å². The van der Waals surface area contributed by atoms with Gasteiger partial charge in [0.05, 0.1) is 0 Å². The first-order valence-electron chi connectivity index (χ1n) is 5.56. The SMILES string of the molecule is Cc1ccc(C(O)C(CN)c2ccncc2)o1. The molecule has 0 aromatic carbocycles. The highest BCUT2D eigenvalue weighted by Gasteiger charge is 2.23. The normalized spacial score (nSPS) is 14.5. The van der Waals surface area contributed by atoms with E-state index in [0.29, 0.717) is 12.3 Å². The highest BCUT2D eigenvalue weighted by molar-refractivity contribution is 5.21. The smallest absolute Gasteiger partial charge is 0.133 e. The minimum absolute atomic E-state index is 0.177. The summed E-state index contributed by atoms with van der Waals surface area (Å²) in [5, 5.41) is 10.3. The third-order valence-corrected chi connectivity index (χ3v) is 2.82. The molecule has 2 aromatic heterocycles. The van der Waals surface area contributed by atoms with Crippen molar-refractivity contribution in [2.45, 2.75) is 18.9 Å². The lowest BCUT2D eigenvalue weighted by Crippen LogP contribution is -2.19. The minimum Gasteiger partial charge on any atom is -0.464 e. The van der Waals surface area contributed by atoms with Gasteiger partial charge < -0.3 is 15.3 Å². The molecule has 4 heteroatoms.